The Labute approximate surface area is 197 Å². The van der Waals surface area contributed by atoms with Crippen LogP contribution in [0.4, 0.5) is 10.5 Å². The Kier molecular flexibility index (Phi) is 7.62. The number of carbonyl (C=O) groups excluding carboxylic acids is 1. The molecule has 0 radical (unpaired) electrons. The minimum atomic E-state index is -3.78. The van der Waals surface area contributed by atoms with Crippen LogP contribution in [0.2, 0.25) is 0 Å². The van der Waals surface area contributed by atoms with Crippen molar-refractivity contribution in [2.45, 2.75) is 32.1 Å². The van der Waals surface area contributed by atoms with Crippen molar-refractivity contribution in [1.82, 2.24) is 4.31 Å². The number of rotatable bonds is 10. The zero-order chi connectivity index (χ0) is 24.9. The van der Waals surface area contributed by atoms with Crippen LogP contribution in [0.25, 0.3) is 0 Å². The van der Waals surface area contributed by atoms with Gasteiger partial charge in [0.1, 0.15) is 5.75 Å². The molecule has 0 unspecified atom stereocenters. The van der Waals surface area contributed by atoms with Gasteiger partial charge in [-0.2, -0.15) is 4.31 Å². The lowest BCUT2D eigenvalue weighted by molar-refractivity contribution is -0.384. The first kappa shape index (κ1) is 25.2. The molecule has 0 saturated heterocycles. The van der Waals surface area contributed by atoms with Crippen molar-refractivity contribution in [3.8, 4) is 17.2 Å². The normalized spacial score (nSPS) is 13.1. The summed E-state index contributed by atoms with van der Waals surface area (Å²) in [5.74, 6) is 0.998. The van der Waals surface area contributed by atoms with Gasteiger partial charge in [0.25, 0.3) is 5.69 Å². The highest BCUT2D eigenvalue weighted by molar-refractivity contribution is 7.89. The Bertz CT molecular complexity index is 1150. The molecule has 0 N–H and O–H groups in total. The van der Waals surface area contributed by atoms with E-state index >= 15 is 0 Å². The minimum absolute atomic E-state index is 0.000437. The fraction of sp³-hybridized carbons (Fsp3) is 0.409. The number of nitro groups is 1. The lowest BCUT2D eigenvalue weighted by Gasteiger charge is -2.31. The summed E-state index contributed by atoms with van der Waals surface area (Å²) in [6, 6.07) is 9.52. The summed E-state index contributed by atoms with van der Waals surface area (Å²) in [6.07, 6.45) is -0.583. The highest BCUT2D eigenvalue weighted by Gasteiger charge is 2.31. The lowest BCUT2D eigenvalue weighted by Crippen LogP contribution is -2.39. The Morgan fingerprint density at radius 2 is 1.82 bits per heavy atom. The molecule has 1 aliphatic heterocycles. The molecule has 2 aromatic carbocycles. The molecule has 0 aromatic heterocycles. The highest BCUT2D eigenvalue weighted by Crippen LogP contribution is 2.35. The standard InChI is InChI=1S/C22H26N2O9S/c1-4-23(34(28,29)18-9-10-19-20(13-18)32-15-31-19)14-22(2,3)11-12-30-21(25)33-17-7-5-16(6-8-17)24(26)27/h5-10,13H,4,11-12,14-15H2,1-3H3. The van der Waals surface area contributed by atoms with Crippen molar-refractivity contribution in [2.24, 2.45) is 5.41 Å². The van der Waals surface area contributed by atoms with Crippen LogP contribution < -0.4 is 14.2 Å². The molecule has 3 rings (SSSR count). The van der Waals surface area contributed by atoms with E-state index in [0.29, 0.717) is 17.9 Å². The average Bonchev–Trinajstić information content (AvgIpc) is 3.25. The van der Waals surface area contributed by atoms with Gasteiger partial charge in [-0.1, -0.05) is 20.8 Å². The maximum Gasteiger partial charge on any atom is 0.513 e. The van der Waals surface area contributed by atoms with Crippen LogP contribution in [-0.4, -0.2) is 50.3 Å². The van der Waals surface area contributed by atoms with E-state index in [1.165, 1.54) is 40.7 Å². The van der Waals surface area contributed by atoms with E-state index in [1.807, 2.05) is 13.8 Å². The Morgan fingerprint density at radius 1 is 1.15 bits per heavy atom. The van der Waals surface area contributed by atoms with Crippen molar-refractivity contribution in [3.05, 3.63) is 52.6 Å². The number of fused-ring (bicyclic) bond motifs is 1. The number of benzene rings is 2. The predicted octanol–water partition coefficient (Wildman–Crippen LogP) is 3.97. The fourth-order valence-corrected chi connectivity index (χ4v) is 4.94. The Hall–Kier alpha value is -3.38. The van der Waals surface area contributed by atoms with E-state index < -0.39 is 26.5 Å². The van der Waals surface area contributed by atoms with Crippen molar-refractivity contribution in [2.75, 3.05) is 26.5 Å². The SMILES string of the molecule is CCN(CC(C)(C)CCOC(=O)Oc1ccc([N+](=O)[O-])cc1)S(=O)(=O)c1ccc2c(c1)OCO2. The van der Waals surface area contributed by atoms with Crippen LogP contribution in [-0.2, 0) is 14.8 Å². The maximum absolute atomic E-state index is 13.2. The van der Waals surface area contributed by atoms with Gasteiger partial charge in [-0.15, -0.1) is 0 Å². The van der Waals surface area contributed by atoms with Crippen LogP contribution in [0.15, 0.2) is 47.4 Å². The first-order valence-corrected chi connectivity index (χ1v) is 11.9. The monoisotopic (exact) mass is 494 g/mol. The second-order valence-electron chi connectivity index (χ2n) is 8.31. The average molecular weight is 495 g/mol. The molecule has 12 heteroatoms. The summed E-state index contributed by atoms with van der Waals surface area (Å²) in [5.41, 5.74) is -0.647. The molecule has 0 saturated carbocycles. The quantitative estimate of drug-likeness (QED) is 0.208. The van der Waals surface area contributed by atoms with E-state index in [1.54, 1.807) is 13.0 Å². The van der Waals surface area contributed by atoms with Gasteiger partial charge in [0.2, 0.25) is 16.8 Å². The first-order valence-electron chi connectivity index (χ1n) is 10.5. The van der Waals surface area contributed by atoms with Crippen molar-refractivity contribution in [3.63, 3.8) is 0 Å². The minimum Gasteiger partial charge on any atom is -0.454 e. The van der Waals surface area contributed by atoms with Crippen molar-refractivity contribution < 1.29 is 37.1 Å². The van der Waals surface area contributed by atoms with Gasteiger partial charge < -0.3 is 18.9 Å². The highest BCUT2D eigenvalue weighted by atomic mass is 32.2. The molecule has 1 heterocycles. The number of hydrogen-bond donors (Lipinski definition) is 0. The van der Waals surface area contributed by atoms with Crippen molar-refractivity contribution in [1.29, 1.82) is 0 Å². The molecule has 2 aromatic rings. The maximum atomic E-state index is 13.2. The topological polar surface area (TPSA) is 135 Å². The van der Waals surface area contributed by atoms with E-state index in [9.17, 15) is 23.3 Å². The van der Waals surface area contributed by atoms with Gasteiger partial charge in [0.15, 0.2) is 11.5 Å². The molecular formula is C22H26N2O9S. The summed E-state index contributed by atoms with van der Waals surface area (Å²) in [6.45, 7) is 5.99. The first-order chi connectivity index (χ1) is 16.0. The van der Waals surface area contributed by atoms with Crippen LogP contribution in [0.5, 0.6) is 17.2 Å². The number of nitrogens with zero attached hydrogens (tertiary/aromatic N) is 2. The molecule has 184 valence electrons. The van der Waals surface area contributed by atoms with E-state index in [-0.39, 0.29) is 42.8 Å². The van der Waals surface area contributed by atoms with Gasteiger partial charge in [0, 0.05) is 31.3 Å². The number of sulfonamides is 1. The fourth-order valence-electron chi connectivity index (χ4n) is 3.28. The Balaban J connectivity index is 1.54. The van der Waals surface area contributed by atoms with Gasteiger partial charge >= 0.3 is 6.16 Å². The number of ether oxygens (including phenoxy) is 4. The molecule has 11 nitrogen and oxygen atoms in total. The zero-order valence-electron chi connectivity index (χ0n) is 19.1. The number of hydrogen-bond acceptors (Lipinski definition) is 9. The molecular weight excluding hydrogens is 468 g/mol. The van der Waals surface area contributed by atoms with Crippen LogP contribution >= 0.6 is 0 Å². The molecule has 34 heavy (non-hydrogen) atoms. The third-order valence-electron chi connectivity index (χ3n) is 5.19. The largest absolute Gasteiger partial charge is 0.513 e. The molecule has 0 bridgehead atoms. The van der Waals surface area contributed by atoms with E-state index in [4.69, 9.17) is 18.9 Å². The molecule has 0 atom stereocenters. The molecule has 0 aliphatic carbocycles. The second kappa shape index (κ2) is 10.3. The number of non-ortho nitro benzene ring substituents is 1. The summed E-state index contributed by atoms with van der Waals surface area (Å²) < 4.78 is 48.3. The van der Waals surface area contributed by atoms with Gasteiger partial charge in [-0.3, -0.25) is 10.1 Å². The molecule has 0 spiro atoms. The third kappa shape index (κ3) is 6.14. The van der Waals surface area contributed by atoms with Crippen LogP contribution in [0.1, 0.15) is 27.2 Å². The van der Waals surface area contributed by atoms with Gasteiger partial charge in [-0.25, -0.2) is 13.2 Å². The van der Waals surface area contributed by atoms with Crippen molar-refractivity contribution >= 4 is 21.9 Å². The summed E-state index contributed by atoms with van der Waals surface area (Å²) in [7, 11) is -3.78. The summed E-state index contributed by atoms with van der Waals surface area (Å²) in [4.78, 5) is 22.2. The number of nitro benzene ring substituents is 1. The van der Waals surface area contributed by atoms with E-state index in [2.05, 4.69) is 0 Å². The lowest BCUT2D eigenvalue weighted by atomic mass is 9.90. The molecule has 0 amide bonds. The smallest absolute Gasteiger partial charge is 0.454 e. The molecule has 0 fully saturated rings. The Morgan fingerprint density at radius 3 is 2.47 bits per heavy atom. The second-order valence-corrected chi connectivity index (χ2v) is 10.2. The summed E-state index contributed by atoms with van der Waals surface area (Å²) >= 11 is 0. The third-order valence-corrected chi connectivity index (χ3v) is 7.10. The van der Waals surface area contributed by atoms with E-state index in [0.717, 1.165) is 0 Å². The zero-order valence-corrected chi connectivity index (χ0v) is 19.9. The van der Waals surface area contributed by atoms with Crippen LogP contribution in [0, 0.1) is 15.5 Å². The van der Waals surface area contributed by atoms with Gasteiger partial charge in [-0.05, 0) is 36.1 Å². The predicted molar refractivity (Wildman–Crippen MR) is 120 cm³/mol. The number of carbonyl (C=O) groups is 1. The molecule has 1 aliphatic rings. The van der Waals surface area contributed by atoms with Crippen LogP contribution in [0.3, 0.4) is 0 Å². The van der Waals surface area contributed by atoms with Gasteiger partial charge in [0.05, 0.1) is 16.4 Å². The summed E-state index contributed by atoms with van der Waals surface area (Å²) in [5, 5.41) is 10.7.